The molecule has 1 aliphatic heterocycles. The third kappa shape index (κ3) is 4.17. The van der Waals surface area contributed by atoms with Crippen molar-refractivity contribution in [3.8, 4) is 5.88 Å². The van der Waals surface area contributed by atoms with Crippen molar-refractivity contribution in [2.45, 2.75) is 18.1 Å². The number of piperidine rings is 1. The summed E-state index contributed by atoms with van der Waals surface area (Å²) >= 11 is 1.46. The van der Waals surface area contributed by atoms with E-state index in [-0.39, 0.29) is 5.91 Å². The highest BCUT2D eigenvalue weighted by molar-refractivity contribution is 7.99. The molecule has 2 aromatic rings. The first-order chi connectivity index (χ1) is 13.1. The second kappa shape index (κ2) is 8.58. The summed E-state index contributed by atoms with van der Waals surface area (Å²) in [6.07, 6.45) is 3.10. The number of carbonyl (C=O) groups is 1. The quantitative estimate of drug-likeness (QED) is 0.774. The summed E-state index contributed by atoms with van der Waals surface area (Å²) < 4.78 is 5.16. The number of aliphatic hydroxyl groups is 1. The Morgan fingerprint density at radius 3 is 2.85 bits per heavy atom. The van der Waals surface area contributed by atoms with Gasteiger partial charge in [-0.25, -0.2) is 9.97 Å². The van der Waals surface area contributed by atoms with Crippen molar-refractivity contribution in [3.05, 3.63) is 48.3 Å². The number of hydrogen-bond acceptors (Lipinski definition) is 7. The minimum atomic E-state index is -0.818. The first-order valence-corrected chi connectivity index (χ1v) is 10.1. The molecule has 27 heavy (non-hydrogen) atoms. The van der Waals surface area contributed by atoms with Gasteiger partial charge in [-0.05, 0) is 18.2 Å². The Bertz CT molecular complexity index is 777. The molecule has 0 bridgehead atoms. The number of rotatable bonds is 6. The molecule has 2 N–H and O–H groups in total. The number of anilines is 1. The van der Waals surface area contributed by atoms with Crippen LogP contribution in [0.5, 0.6) is 5.88 Å². The summed E-state index contributed by atoms with van der Waals surface area (Å²) in [6, 6.07) is 11.4. The van der Waals surface area contributed by atoms with Crippen molar-refractivity contribution in [3.63, 3.8) is 0 Å². The molecular formula is C19H24N4O3S. The van der Waals surface area contributed by atoms with Crippen LogP contribution in [0.25, 0.3) is 0 Å². The lowest BCUT2D eigenvalue weighted by Crippen LogP contribution is -2.62. The van der Waals surface area contributed by atoms with Crippen molar-refractivity contribution >= 4 is 23.5 Å². The van der Waals surface area contributed by atoms with Gasteiger partial charge in [0.1, 0.15) is 12.1 Å². The molecular weight excluding hydrogens is 364 g/mol. The SMILES string of the molecule is COc1cc(N2CC[C@@](NC(=O)CSC)(c3ccccc3)[C@H](O)C2)ncn1. The maximum Gasteiger partial charge on any atom is 0.230 e. The Morgan fingerprint density at radius 2 is 2.19 bits per heavy atom. The van der Waals surface area contributed by atoms with Gasteiger partial charge in [-0.2, -0.15) is 11.8 Å². The average molecular weight is 388 g/mol. The van der Waals surface area contributed by atoms with E-state index in [1.54, 1.807) is 13.2 Å². The van der Waals surface area contributed by atoms with Crippen LogP contribution in [-0.4, -0.2) is 59.3 Å². The standard InChI is InChI=1S/C19H24N4O3S/c1-26-18-10-16(20-13-21-18)23-9-8-19(15(24)11-23,22-17(25)12-27-2)14-6-4-3-5-7-14/h3-7,10,13,15,24H,8-9,11-12H2,1-2H3,(H,22,25)/t15-,19-/m1/s1. The lowest BCUT2D eigenvalue weighted by Gasteiger charge is -2.46. The third-order valence-corrected chi connectivity index (χ3v) is 5.38. The molecule has 1 aromatic carbocycles. The minimum absolute atomic E-state index is 0.0810. The van der Waals surface area contributed by atoms with Gasteiger partial charge in [-0.1, -0.05) is 30.3 Å². The van der Waals surface area contributed by atoms with E-state index in [1.165, 1.54) is 18.1 Å². The molecule has 0 unspecified atom stereocenters. The highest BCUT2D eigenvalue weighted by atomic mass is 32.2. The van der Waals surface area contributed by atoms with Crippen LogP contribution in [0.1, 0.15) is 12.0 Å². The van der Waals surface area contributed by atoms with Crippen molar-refractivity contribution in [2.75, 3.05) is 37.1 Å². The summed E-state index contributed by atoms with van der Waals surface area (Å²) in [5, 5.41) is 14.2. The predicted molar refractivity (Wildman–Crippen MR) is 106 cm³/mol. The predicted octanol–water partition coefficient (Wildman–Crippen LogP) is 1.43. The number of hydrogen-bond donors (Lipinski definition) is 2. The Balaban J connectivity index is 1.87. The number of aromatic nitrogens is 2. The second-order valence-corrected chi connectivity index (χ2v) is 7.31. The van der Waals surface area contributed by atoms with Crippen LogP contribution in [0.15, 0.2) is 42.7 Å². The zero-order valence-corrected chi connectivity index (χ0v) is 16.3. The van der Waals surface area contributed by atoms with Gasteiger partial charge in [0.15, 0.2) is 0 Å². The van der Waals surface area contributed by atoms with Crippen molar-refractivity contribution < 1.29 is 14.6 Å². The summed E-state index contributed by atoms with van der Waals surface area (Å²) in [5.74, 6) is 1.44. The number of thioether (sulfide) groups is 1. The fourth-order valence-electron chi connectivity index (χ4n) is 3.46. The second-order valence-electron chi connectivity index (χ2n) is 6.45. The highest BCUT2D eigenvalue weighted by Gasteiger charge is 2.45. The van der Waals surface area contributed by atoms with E-state index >= 15 is 0 Å². The molecule has 1 saturated heterocycles. The number of methoxy groups -OCH3 is 1. The normalized spacial score (nSPS) is 22.3. The molecule has 1 aliphatic rings. The van der Waals surface area contributed by atoms with Crippen molar-refractivity contribution in [1.29, 1.82) is 0 Å². The number of benzene rings is 1. The number of nitrogens with zero attached hydrogens (tertiary/aromatic N) is 3. The Hall–Kier alpha value is -2.32. The maximum absolute atomic E-state index is 12.4. The molecule has 144 valence electrons. The van der Waals surface area contributed by atoms with Gasteiger partial charge in [0, 0.05) is 19.2 Å². The molecule has 0 spiro atoms. The van der Waals surface area contributed by atoms with Gasteiger partial charge in [0.2, 0.25) is 11.8 Å². The molecule has 1 aromatic heterocycles. The maximum atomic E-state index is 12.4. The van der Waals surface area contributed by atoms with E-state index in [9.17, 15) is 9.90 Å². The summed E-state index contributed by atoms with van der Waals surface area (Å²) in [4.78, 5) is 22.7. The lowest BCUT2D eigenvalue weighted by molar-refractivity contribution is -0.123. The van der Waals surface area contributed by atoms with Crippen LogP contribution in [0.3, 0.4) is 0 Å². The average Bonchev–Trinajstić information content (AvgIpc) is 2.70. The minimum Gasteiger partial charge on any atom is -0.481 e. The summed E-state index contributed by atoms with van der Waals surface area (Å²) in [6.45, 7) is 0.972. The molecule has 0 aliphatic carbocycles. The Labute approximate surface area is 163 Å². The van der Waals surface area contributed by atoms with Crippen LogP contribution >= 0.6 is 11.8 Å². The number of ether oxygens (including phenoxy) is 1. The van der Waals surface area contributed by atoms with Crippen LogP contribution in [0.4, 0.5) is 5.82 Å². The molecule has 8 heteroatoms. The molecule has 2 atom stereocenters. The first kappa shape index (κ1) is 19.4. The lowest BCUT2D eigenvalue weighted by atomic mass is 9.78. The monoisotopic (exact) mass is 388 g/mol. The Morgan fingerprint density at radius 1 is 1.41 bits per heavy atom. The topological polar surface area (TPSA) is 87.6 Å². The fraction of sp³-hybridized carbons (Fsp3) is 0.421. The van der Waals surface area contributed by atoms with Gasteiger partial charge >= 0.3 is 0 Å². The number of amides is 1. The zero-order valence-electron chi connectivity index (χ0n) is 15.5. The largest absolute Gasteiger partial charge is 0.481 e. The molecule has 1 amide bonds. The van der Waals surface area contributed by atoms with Crippen LogP contribution in [-0.2, 0) is 10.3 Å². The van der Waals surface area contributed by atoms with Gasteiger partial charge in [-0.3, -0.25) is 4.79 Å². The number of β-amino-alcohol motifs (C(OH)–C–C–N with tert-alkyl or cyclic N) is 1. The molecule has 0 saturated carbocycles. The number of aliphatic hydroxyl groups excluding tert-OH is 1. The summed E-state index contributed by atoms with van der Waals surface area (Å²) in [7, 11) is 1.55. The molecule has 1 fully saturated rings. The summed E-state index contributed by atoms with van der Waals surface area (Å²) in [5.41, 5.74) is 0.0914. The fourth-order valence-corrected chi connectivity index (χ4v) is 3.80. The third-order valence-electron chi connectivity index (χ3n) is 4.83. The van der Waals surface area contributed by atoms with Crippen LogP contribution in [0, 0.1) is 0 Å². The molecule has 2 heterocycles. The van der Waals surface area contributed by atoms with Crippen molar-refractivity contribution in [2.24, 2.45) is 0 Å². The van der Waals surface area contributed by atoms with Crippen LogP contribution in [0.2, 0.25) is 0 Å². The van der Waals surface area contributed by atoms with Gasteiger partial charge < -0.3 is 20.1 Å². The van der Waals surface area contributed by atoms with E-state index in [4.69, 9.17) is 4.74 Å². The molecule has 7 nitrogen and oxygen atoms in total. The van der Waals surface area contributed by atoms with E-state index < -0.39 is 11.6 Å². The van der Waals surface area contributed by atoms with E-state index in [2.05, 4.69) is 15.3 Å². The molecule has 0 radical (unpaired) electrons. The van der Waals surface area contributed by atoms with Gasteiger partial charge in [0.05, 0.1) is 24.5 Å². The first-order valence-electron chi connectivity index (χ1n) is 8.73. The van der Waals surface area contributed by atoms with Gasteiger partial charge in [0.25, 0.3) is 0 Å². The Kier molecular flexibility index (Phi) is 6.18. The molecule has 3 rings (SSSR count). The van der Waals surface area contributed by atoms with Gasteiger partial charge in [-0.15, -0.1) is 0 Å². The van der Waals surface area contributed by atoms with E-state index in [0.29, 0.717) is 37.0 Å². The van der Waals surface area contributed by atoms with E-state index in [0.717, 1.165) is 5.56 Å². The number of carbonyl (C=O) groups excluding carboxylic acids is 1. The smallest absolute Gasteiger partial charge is 0.230 e. The van der Waals surface area contributed by atoms with E-state index in [1.807, 2.05) is 41.5 Å². The highest BCUT2D eigenvalue weighted by Crippen LogP contribution is 2.35. The van der Waals surface area contributed by atoms with Crippen molar-refractivity contribution in [1.82, 2.24) is 15.3 Å². The number of nitrogens with one attached hydrogen (secondary N) is 1. The van der Waals surface area contributed by atoms with Crippen LogP contribution < -0.4 is 15.0 Å². The zero-order chi connectivity index (χ0) is 19.3.